The third-order valence-corrected chi connectivity index (χ3v) is 3.85. The van der Waals surface area contributed by atoms with E-state index in [1.54, 1.807) is 6.66 Å². The first-order chi connectivity index (χ1) is 7.26. The summed E-state index contributed by atoms with van der Waals surface area (Å²) in [5.74, 6) is 0. The van der Waals surface area contributed by atoms with E-state index < -0.39 is 7.37 Å². The lowest BCUT2D eigenvalue weighted by molar-refractivity contribution is -0.181. The molecule has 1 unspecified atom stereocenters. The van der Waals surface area contributed by atoms with Gasteiger partial charge in [0.1, 0.15) is 0 Å². The average Bonchev–Trinajstić information content (AvgIpc) is 2.13. The van der Waals surface area contributed by atoms with Gasteiger partial charge in [-0.25, -0.2) is 0 Å². The average molecular weight is 252 g/mol. The molecule has 0 amide bonds. The summed E-state index contributed by atoms with van der Waals surface area (Å²) >= 11 is 0. The summed E-state index contributed by atoms with van der Waals surface area (Å²) < 4.78 is 27.9. The first kappa shape index (κ1) is 16.1. The molecular weight excluding hydrogens is 227 g/mol. The molecule has 0 aromatic heterocycles. The molecule has 0 fully saturated rings. The van der Waals surface area contributed by atoms with Crippen molar-refractivity contribution in [2.24, 2.45) is 0 Å². The second-order valence-electron chi connectivity index (χ2n) is 4.51. The molecule has 98 valence electrons. The van der Waals surface area contributed by atoms with E-state index in [2.05, 4.69) is 0 Å². The Hall–Kier alpha value is 0.110. The van der Waals surface area contributed by atoms with Gasteiger partial charge in [-0.3, -0.25) is 4.57 Å². The maximum Gasteiger partial charge on any atom is 0.200 e. The highest BCUT2D eigenvalue weighted by molar-refractivity contribution is 7.58. The molecule has 0 saturated carbocycles. The van der Waals surface area contributed by atoms with E-state index in [1.807, 2.05) is 27.7 Å². The molecule has 0 aromatic carbocycles. The molecule has 0 N–H and O–H groups in total. The minimum absolute atomic E-state index is 0.0996. The lowest BCUT2D eigenvalue weighted by Crippen LogP contribution is -2.25. The first-order valence-corrected chi connectivity index (χ1v) is 7.95. The molecule has 0 spiro atoms. The lowest BCUT2D eigenvalue weighted by atomic mass is 10.4. The van der Waals surface area contributed by atoms with Crippen LogP contribution in [0.15, 0.2) is 0 Å². The summed E-state index contributed by atoms with van der Waals surface area (Å²) in [4.78, 5) is 0. The van der Waals surface area contributed by atoms with E-state index in [0.717, 1.165) is 0 Å². The summed E-state index contributed by atoms with van der Waals surface area (Å²) in [6.07, 6.45) is 0.972. The maximum atomic E-state index is 11.7. The van der Waals surface area contributed by atoms with Crippen LogP contribution in [0.2, 0.25) is 0 Å². The van der Waals surface area contributed by atoms with Crippen LogP contribution in [-0.2, 0) is 18.6 Å². The van der Waals surface area contributed by atoms with Crippen molar-refractivity contribution < 1.29 is 18.6 Å². The van der Waals surface area contributed by atoms with Crippen molar-refractivity contribution in [3.8, 4) is 0 Å². The molecule has 0 aliphatic rings. The molecule has 5 heteroatoms. The zero-order valence-electron chi connectivity index (χ0n) is 11.2. The monoisotopic (exact) mass is 252 g/mol. The van der Waals surface area contributed by atoms with Crippen molar-refractivity contribution in [1.82, 2.24) is 0 Å². The van der Waals surface area contributed by atoms with Gasteiger partial charge in [-0.05, 0) is 27.7 Å². The van der Waals surface area contributed by atoms with Crippen LogP contribution < -0.4 is 0 Å². The minimum atomic E-state index is -2.47. The predicted molar refractivity (Wildman–Crippen MR) is 66.3 cm³/mol. The van der Waals surface area contributed by atoms with E-state index in [-0.39, 0.29) is 18.5 Å². The second kappa shape index (κ2) is 7.44. The standard InChI is InChI=1S/C11H25O4P/c1-9(2)14-11(15-10(3)4)7-8-16(6,12)13-5/h9-11H,7-8H2,1-6H3. The lowest BCUT2D eigenvalue weighted by Gasteiger charge is -2.24. The van der Waals surface area contributed by atoms with Crippen LogP contribution in [0.3, 0.4) is 0 Å². The van der Waals surface area contributed by atoms with E-state index in [1.165, 1.54) is 7.11 Å². The van der Waals surface area contributed by atoms with E-state index in [9.17, 15) is 4.57 Å². The zero-order valence-corrected chi connectivity index (χ0v) is 12.1. The van der Waals surface area contributed by atoms with Crippen LogP contribution >= 0.6 is 7.37 Å². The summed E-state index contributed by atoms with van der Waals surface area (Å²) in [6.45, 7) is 9.46. The van der Waals surface area contributed by atoms with Gasteiger partial charge in [0.2, 0.25) is 0 Å². The van der Waals surface area contributed by atoms with E-state index in [4.69, 9.17) is 14.0 Å². The highest BCUT2D eigenvalue weighted by Gasteiger charge is 2.20. The smallest absolute Gasteiger partial charge is 0.200 e. The van der Waals surface area contributed by atoms with Crippen LogP contribution in [0, 0.1) is 0 Å². The van der Waals surface area contributed by atoms with Gasteiger partial charge in [-0.1, -0.05) is 0 Å². The Bertz CT molecular complexity index is 218. The predicted octanol–water partition coefficient (Wildman–Crippen LogP) is 3.11. The third kappa shape index (κ3) is 8.28. The van der Waals surface area contributed by atoms with Crippen LogP contribution in [0.5, 0.6) is 0 Å². The minimum Gasteiger partial charge on any atom is -0.350 e. The van der Waals surface area contributed by atoms with Crippen molar-refractivity contribution in [2.75, 3.05) is 19.9 Å². The van der Waals surface area contributed by atoms with Crippen molar-refractivity contribution >= 4 is 7.37 Å². The molecule has 16 heavy (non-hydrogen) atoms. The Labute approximate surface area is 99.1 Å². The van der Waals surface area contributed by atoms with Crippen LogP contribution in [0.1, 0.15) is 34.1 Å². The Morgan fingerprint density at radius 2 is 1.50 bits per heavy atom. The van der Waals surface area contributed by atoms with Gasteiger partial charge < -0.3 is 14.0 Å². The Morgan fingerprint density at radius 1 is 1.06 bits per heavy atom. The van der Waals surface area contributed by atoms with Crippen LogP contribution in [-0.4, -0.2) is 38.4 Å². The Kier molecular flexibility index (Phi) is 7.49. The third-order valence-electron chi connectivity index (χ3n) is 2.01. The molecular formula is C11H25O4P. The Morgan fingerprint density at radius 3 is 1.81 bits per heavy atom. The topological polar surface area (TPSA) is 44.8 Å². The van der Waals surface area contributed by atoms with Gasteiger partial charge in [0.25, 0.3) is 0 Å². The quantitative estimate of drug-likeness (QED) is 0.492. The van der Waals surface area contributed by atoms with Crippen molar-refractivity contribution in [1.29, 1.82) is 0 Å². The fourth-order valence-electron chi connectivity index (χ4n) is 1.21. The van der Waals surface area contributed by atoms with Crippen molar-refractivity contribution in [3.05, 3.63) is 0 Å². The molecule has 0 rings (SSSR count). The largest absolute Gasteiger partial charge is 0.350 e. The van der Waals surface area contributed by atoms with Gasteiger partial charge >= 0.3 is 0 Å². The van der Waals surface area contributed by atoms with Gasteiger partial charge in [0.15, 0.2) is 13.7 Å². The van der Waals surface area contributed by atoms with Crippen molar-refractivity contribution in [3.63, 3.8) is 0 Å². The fourth-order valence-corrected chi connectivity index (χ4v) is 2.07. The molecule has 1 atom stereocenters. The van der Waals surface area contributed by atoms with Gasteiger partial charge in [-0.15, -0.1) is 0 Å². The maximum absolute atomic E-state index is 11.7. The molecule has 0 aliphatic carbocycles. The number of rotatable bonds is 8. The molecule has 0 radical (unpaired) electrons. The highest BCUT2D eigenvalue weighted by Crippen LogP contribution is 2.42. The number of ether oxygens (including phenoxy) is 2. The normalized spacial score (nSPS) is 16.1. The summed E-state index contributed by atoms with van der Waals surface area (Å²) in [6, 6.07) is 0. The van der Waals surface area contributed by atoms with E-state index >= 15 is 0 Å². The van der Waals surface area contributed by atoms with Gasteiger partial charge in [-0.2, -0.15) is 0 Å². The molecule has 0 aromatic rings. The SMILES string of the molecule is COP(C)(=O)CCC(OC(C)C)OC(C)C. The molecule has 0 heterocycles. The first-order valence-electron chi connectivity index (χ1n) is 5.70. The van der Waals surface area contributed by atoms with Crippen LogP contribution in [0.25, 0.3) is 0 Å². The van der Waals surface area contributed by atoms with Gasteiger partial charge in [0.05, 0.1) is 12.2 Å². The fraction of sp³-hybridized carbons (Fsp3) is 1.00. The molecule has 0 bridgehead atoms. The van der Waals surface area contributed by atoms with E-state index in [0.29, 0.717) is 12.6 Å². The Balaban J connectivity index is 4.15. The summed E-state index contributed by atoms with van der Waals surface area (Å²) in [5, 5.41) is 0. The highest BCUT2D eigenvalue weighted by atomic mass is 31.2. The second-order valence-corrected chi connectivity index (χ2v) is 7.35. The summed E-state index contributed by atoms with van der Waals surface area (Å²) in [5.41, 5.74) is 0. The molecule has 4 nitrogen and oxygen atoms in total. The van der Waals surface area contributed by atoms with Crippen molar-refractivity contribution in [2.45, 2.75) is 52.6 Å². The molecule has 0 aliphatic heterocycles. The molecule has 0 saturated heterocycles. The van der Waals surface area contributed by atoms with Gasteiger partial charge in [0, 0.05) is 26.4 Å². The number of hydrogen-bond donors (Lipinski definition) is 0. The summed E-state index contributed by atoms with van der Waals surface area (Å²) in [7, 11) is -1.000. The number of hydrogen-bond acceptors (Lipinski definition) is 4. The zero-order chi connectivity index (χ0) is 12.8. The van der Waals surface area contributed by atoms with Crippen LogP contribution in [0.4, 0.5) is 0 Å².